The van der Waals surface area contributed by atoms with Gasteiger partial charge in [0.15, 0.2) is 0 Å². The normalized spacial score (nSPS) is 24.1. The lowest BCUT2D eigenvalue weighted by molar-refractivity contribution is -0.184. The monoisotopic (exact) mass is 449 g/mol. The summed E-state index contributed by atoms with van der Waals surface area (Å²) >= 11 is 6.50. The molecule has 7 heteroatoms. The van der Waals surface area contributed by atoms with Crippen LogP contribution in [-0.2, 0) is 4.79 Å². The van der Waals surface area contributed by atoms with Gasteiger partial charge in [-0.25, -0.2) is 0 Å². The van der Waals surface area contributed by atoms with Gasteiger partial charge in [-0.3, -0.25) is 4.79 Å². The van der Waals surface area contributed by atoms with Gasteiger partial charge in [0.1, 0.15) is 5.76 Å². The van der Waals surface area contributed by atoms with Crippen LogP contribution in [0.2, 0.25) is 5.02 Å². The average molecular weight is 450 g/mol. The number of nitrogens with one attached hydrogen (secondary N) is 1. The fourth-order valence-corrected chi connectivity index (χ4v) is 5.09. The summed E-state index contributed by atoms with van der Waals surface area (Å²) in [7, 11) is 0. The van der Waals surface area contributed by atoms with Gasteiger partial charge in [-0.05, 0) is 73.4 Å². The third kappa shape index (κ3) is 3.61. The number of amides is 1. The third-order valence-corrected chi connectivity index (χ3v) is 7.08. The van der Waals surface area contributed by atoms with Crippen molar-refractivity contribution in [3.63, 3.8) is 0 Å². The number of carbonyl (C=O) groups is 1. The zero-order valence-electron chi connectivity index (χ0n) is 17.2. The van der Waals surface area contributed by atoms with Gasteiger partial charge in [-0.15, -0.1) is 0 Å². The molecule has 2 aliphatic rings. The van der Waals surface area contributed by atoms with Crippen molar-refractivity contribution in [3.8, 4) is 11.1 Å². The van der Waals surface area contributed by atoms with E-state index in [0.717, 1.165) is 16.7 Å². The number of aliphatic hydroxyl groups is 1. The van der Waals surface area contributed by atoms with E-state index in [9.17, 15) is 23.1 Å². The largest absolute Gasteiger partial charge is 0.509 e. The van der Waals surface area contributed by atoms with Crippen LogP contribution in [-0.4, -0.2) is 22.7 Å². The first-order chi connectivity index (χ1) is 14.5. The van der Waals surface area contributed by atoms with Gasteiger partial charge < -0.3 is 10.4 Å². The average Bonchev–Trinajstić information content (AvgIpc) is 2.95. The number of rotatable bonds is 2. The van der Waals surface area contributed by atoms with Crippen molar-refractivity contribution < 1.29 is 23.1 Å². The Balaban J connectivity index is 1.81. The number of aliphatic hydroxyl groups excluding tert-OH is 1. The summed E-state index contributed by atoms with van der Waals surface area (Å²) in [5.74, 6) is -2.06. The molecule has 2 aromatic carbocycles. The summed E-state index contributed by atoms with van der Waals surface area (Å²) in [6.45, 7) is 3.64. The van der Waals surface area contributed by atoms with Crippen molar-refractivity contribution in [2.24, 2.45) is 5.92 Å². The van der Waals surface area contributed by atoms with Crippen LogP contribution >= 0.6 is 11.6 Å². The molecule has 1 heterocycles. The smallest absolute Gasteiger partial charge is 0.391 e. The van der Waals surface area contributed by atoms with E-state index in [1.54, 1.807) is 6.92 Å². The second kappa shape index (κ2) is 7.59. The Kier molecular flexibility index (Phi) is 5.32. The van der Waals surface area contributed by atoms with Crippen LogP contribution in [0.4, 0.5) is 13.2 Å². The van der Waals surface area contributed by atoms with E-state index in [4.69, 9.17) is 11.6 Å². The van der Waals surface area contributed by atoms with Gasteiger partial charge in [0.2, 0.25) is 0 Å². The highest BCUT2D eigenvalue weighted by Crippen LogP contribution is 2.48. The third-order valence-electron chi connectivity index (χ3n) is 6.69. The molecule has 1 aliphatic heterocycles. The molecule has 1 saturated carbocycles. The van der Waals surface area contributed by atoms with Crippen LogP contribution < -0.4 is 5.32 Å². The van der Waals surface area contributed by atoms with E-state index in [-0.39, 0.29) is 37.0 Å². The molecular formula is C24H23ClF3NO2. The van der Waals surface area contributed by atoms with E-state index < -0.39 is 23.5 Å². The molecule has 31 heavy (non-hydrogen) atoms. The van der Waals surface area contributed by atoms with Gasteiger partial charge in [0.25, 0.3) is 5.91 Å². The maximum absolute atomic E-state index is 13.1. The molecule has 0 radical (unpaired) electrons. The van der Waals surface area contributed by atoms with Crippen molar-refractivity contribution in [3.05, 3.63) is 63.9 Å². The summed E-state index contributed by atoms with van der Waals surface area (Å²) in [6, 6.07) is 11.4. The molecule has 164 valence electrons. The van der Waals surface area contributed by atoms with Crippen molar-refractivity contribution in [2.75, 3.05) is 0 Å². The Morgan fingerprint density at radius 1 is 1.10 bits per heavy atom. The highest BCUT2D eigenvalue weighted by Gasteiger charge is 2.52. The maximum atomic E-state index is 13.1. The second-order valence-electron chi connectivity index (χ2n) is 8.47. The zero-order chi connectivity index (χ0) is 22.6. The van der Waals surface area contributed by atoms with E-state index >= 15 is 0 Å². The molecule has 0 aromatic heterocycles. The summed E-state index contributed by atoms with van der Waals surface area (Å²) in [6.07, 6.45) is -4.45. The highest BCUT2D eigenvalue weighted by molar-refractivity contribution is 6.33. The first-order valence-electron chi connectivity index (χ1n) is 10.2. The van der Waals surface area contributed by atoms with Gasteiger partial charge >= 0.3 is 6.18 Å². The van der Waals surface area contributed by atoms with Crippen molar-refractivity contribution in [2.45, 2.75) is 51.2 Å². The van der Waals surface area contributed by atoms with Crippen molar-refractivity contribution in [1.82, 2.24) is 5.32 Å². The van der Waals surface area contributed by atoms with Gasteiger partial charge in [0.05, 0.1) is 17.0 Å². The molecular weight excluding hydrogens is 427 g/mol. The van der Waals surface area contributed by atoms with Gasteiger partial charge in [-0.2, -0.15) is 13.2 Å². The van der Waals surface area contributed by atoms with Crippen LogP contribution in [0.15, 0.2) is 42.2 Å². The molecule has 1 spiro atoms. The highest BCUT2D eigenvalue weighted by atomic mass is 35.5. The Labute approximate surface area is 183 Å². The van der Waals surface area contributed by atoms with Crippen LogP contribution in [0.5, 0.6) is 0 Å². The fourth-order valence-electron chi connectivity index (χ4n) is 4.89. The number of carbonyl (C=O) groups excluding carboxylic acids is 1. The van der Waals surface area contributed by atoms with Crippen LogP contribution in [0, 0.1) is 19.8 Å². The SMILES string of the molecule is Cc1c(Cl)cc(-c2ccccc2)c(C)c1C1=C(O)C2(CCC(C(F)(F)F)CC2)NC1=O. The fraction of sp³-hybridized carbons (Fsp3) is 0.375. The Morgan fingerprint density at radius 2 is 1.71 bits per heavy atom. The van der Waals surface area contributed by atoms with Crippen LogP contribution in [0.25, 0.3) is 16.7 Å². The molecule has 3 nitrogen and oxygen atoms in total. The van der Waals surface area contributed by atoms with Gasteiger partial charge in [0, 0.05) is 5.02 Å². The molecule has 0 unspecified atom stereocenters. The first kappa shape index (κ1) is 21.8. The topological polar surface area (TPSA) is 49.3 Å². The zero-order valence-corrected chi connectivity index (χ0v) is 18.0. The predicted molar refractivity (Wildman–Crippen MR) is 115 cm³/mol. The molecule has 4 rings (SSSR count). The number of alkyl halides is 3. The molecule has 2 N–H and O–H groups in total. The van der Waals surface area contributed by atoms with Crippen LogP contribution in [0.3, 0.4) is 0 Å². The lowest BCUT2D eigenvalue weighted by atomic mass is 9.75. The molecule has 0 bridgehead atoms. The van der Waals surface area contributed by atoms with E-state index in [0.29, 0.717) is 16.1 Å². The number of hydrogen-bond acceptors (Lipinski definition) is 2. The summed E-state index contributed by atoms with van der Waals surface area (Å²) < 4.78 is 39.3. The Bertz CT molecular complexity index is 1070. The number of hydrogen-bond donors (Lipinski definition) is 2. The molecule has 2 aromatic rings. The number of halogens is 4. The summed E-state index contributed by atoms with van der Waals surface area (Å²) in [4.78, 5) is 13.0. The molecule has 1 aliphatic carbocycles. The predicted octanol–water partition coefficient (Wildman–Crippen LogP) is 6.51. The van der Waals surface area contributed by atoms with E-state index in [1.165, 1.54) is 0 Å². The minimum atomic E-state index is -4.27. The van der Waals surface area contributed by atoms with E-state index in [2.05, 4.69) is 5.32 Å². The summed E-state index contributed by atoms with van der Waals surface area (Å²) in [5.41, 5.74) is 2.68. The van der Waals surface area contributed by atoms with E-state index in [1.807, 2.05) is 43.3 Å². The lowest BCUT2D eigenvalue weighted by Gasteiger charge is -2.37. The Hall–Kier alpha value is -2.47. The first-order valence-corrected chi connectivity index (χ1v) is 10.6. The lowest BCUT2D eigenvalue weighted by Crippen LogP contribution is -2.48. The van der Waals surface area contributed by atoms with Crippen molar-refractivity contribution >= 4 is 23.1 Å². The minimum Gasteiger partial charge on any atom is -0.509 e. The van der Waals surface area contributed by atoms with Gasteiger partial charge in [-0.1, -0.05) is 41.9 Å². The second-order valence-corrected chi connectivity index (χ2v) is 8.88. The number of benzene rings is 2. The van der Waals surface area contributed by atoms with Crippen molar-refractivity contribution in [1.29, 1.82) is 0 Å². The molecule has 1 fully saturated rings. The maximum Gasteiger partial charge on any atom is 0.391 e. The molecule has 0 atom stereocenters. The van der Waals surface area contributed by atoms with Crippen LogP contribution in [0.1, 0.15) is 42.4 Å². The quantitative estimate of drug-likeness (QED) is 0.548. The Morgan fingerprint density at radius 3 is 2.29 bits per heavy atom. The summed E-state index contributed by atoms with van der Waals surface area (Å²) in [5, 5.41) is 14.4. The minimum absolute atomic E-state index is 0.0441. The standard InChI is InChI=1S/C24H23ClF3NO2/c1-13-17(15-6-4-3-5-7-15)12-18(25)14(2)19(13)20-21(30)23(29-22(20)31)10-8-16(9-11-23)24(26,27)28/h3-7,12,16,30H,8-11H2,1-2H3,(H,29,31). The molecule has 0 saturated heterocycles. The molecule has 1 amide bonds.